The summed E-state index contributed by atoms with van der Waals surface area (Å²) >= 11 is 1.60. The van der Waals surface area contributed by atoms with Gasteiger partial charge in [-0.05, 0) is 24.4 Å². The van der Waals surface area contributed by atoms with E-state index in [1.807, 2.05) is 29.0 Å². The third kappa shape index (κ3) is 2.32. The van der Waals surface area contributed by atoms with Crippen LogP contribution in [-0.4, -0.2) is 29.4 Å². The zero-order valence-corrected chi connectivity index (χ0v) is 11.2. The van der Waals surface area contributed by atoms with Gasteiger partial charge in [0.2, 0.25) is 0 Å². The number of thiophene rings is 1. The van der Waals surface area contributed by atoms with E-state index in [9.17, 15) is 9.90 Å². The summed E-state index contributed by atoms with van der Waals surface area (Å²) in [6.45, 7) is 3.05. The lowest BCUT2D eigenvalue weighted by Gasteiger charge is -2.09. The van der Waals surface area contributed by atoms with Gasteiger partial charge in [0, 0.05) is 19.3 Å². The molecule has 0 atom stereocenters. The Balaban J connectivity index is 2.49. The molecule has 0 aromatic carbocycles. The minimum atomic E-state index is -0.888. The Kier molecular flexibility index (Phi) is 3.84. The van der Waals surface area contributed by atoms with Gasteiger partial charge < -0.3 is 14.4 Å². The second-order valence-corrected chi connectivity index (χ2v) is 4.90. The Morgan fingerprint density at radius 2 is 2.33 bits per heavy atom. The number of hydrogen-bond donors (Lipinski definition) is 1. The fraction of sp³-hybridized carbons (Fsp3) is 0.308. The molecular weight excluding hydrogens is 250 g/mol. The molecule has 2 aromatic rings. The zero-order chi connectivity index (χ0) is 13.1. The van der Waals surface area contributed by atoms with E-state index in [4.69, 9.17) is 4.74 Å². The molecule has 0 aliphatic heterocycles. The van der Waals surface area contributed by atoms with E-state index in [0.717, 1.165) is 16.3 Å². The molecule has 0 spiro atoms. The predicted molar refractivity (Wildman–Crippen MR) is 71.3 cm³/mol. The minimum Gasteiger partial charge on any atom is -0.478 e. The number of carbonyl (C=O) groups is 1. The maximum Gasteiger partial charge on any atom is 0.337 e. The summed E-state index contributed by atoms with van der Waals surface area (Å²) in [7, 11) is 1.64. The van der Waals surface area contributed by atoms with Crippen molar-refractivity contribution in [2.24, 2.45) is 0 Å². The fourth-order valence-electron chi connectivity index (χ4n) is 1.96. The molecule has 5 heteroatoms. The summed E-state index contributed by atoms with van der Waals surface area (Å²) < 4.78 is 7.08. The lowest BCUT2D eigenvalue weighted by atomic mass is 10.2. The van der Waals surface area contributed by atoms with Crippen molar-refractivity contribution >= 4 is 17.3 Å². The first kappa shape index (κ1) is 12.9. The topological polar surface area (TPSA) is 51.5 Å². The SMILES string of the molecule is COCCn1c(-c2cccs2)cc(C(=O)O)c1C. The van der Waals surface area contributed by atoms with E-state index in [2.05, 4.69) is 0 Å². The molecular formula is C13H15NO3S. The molecule has 2 rings (SSSR count). The lowest BCUT2D eigenvalue weighted by molar-refractivity contribution is 0.0696. The molecule has 0 saturated heterocycles. The number of aromatic nitrogens is 1. The van der Waals surface area contributed by atoms with Crippen LogP contribution in [0.25, 0.3) is 10.6 Å². The summed E-state index contributed by atoms with van der Waals surface area (Å²) in [6, 6.07) is 5.69. The molecule has 0 aliphatic carbocycles. The largest absolute Gasteiger partial charge is 0.478 e. The Hall–Kier alpha value is -1.59. The van der Waals surface area contributed by atoms with Gasteiger partial charge in [0.05, 0.1) is 22.7 Å². The van der Waals surface area contributed by atoms with Crippen LogP contribution < -0.4 is 0 Å². The lowest BCUT2D eigenvalue weighted by Crippen LogP contribution is -2.08. The molecule has 0 fully saturated rings. The fourth-order valence-corrected chi connectivity index (χ4v) is 2.71. The van der Waals surface area contributed by atoms with Gasteiger partial charge in [0.1, 0.15) is 0 Å². The van der Waals surface area contributed by atoms with E-state index >= 15 is 0 Å². The second-order valence-electron chi connectivity index (χ2n) is 3.96. The normalized spacial score (nSPS) is 10.8. The quantitative estimate of drug-likeness (QED) is 0.904. The molecule has 4 nitrogen and oxygen atoms in total. The summed E-state index contributed by atoms with van der Waals surface area (Å²) in [4.78, 5) is 12.3. The van der Waals surface area contributed by atoms with Crippen LogP contribution in [0.5, 0.6) is 0 Å². The van der Waals surface area contributed by atoms with Crippen molar-refractivity contribution in [2.75, 3.05) is 13.7 Å². The molecule has 0 radical (unpaired) electrons. The van der Waals surface area contributed by atoms with E-state index < -0.39 is 5.97 Å². The average Bonchev–Trinajstić information content (AvgIpc) is 2.94. The van der Waals surface area contributed by atoms with E-state index in [-0.39, 0.29) is 0 Å². The van der Waals surface area contributed by atoms with Gasteiger partial charge in [-0.2, -0.15) is 0 Å². The van der Waals surface area contributed by atoms with Crippen LogP contribution in [0.2, 0.25) is 0 Å². The van der Waals surface area contributed by atoms with Gasteiger partial charge in [-0.25, -0.2) is 4.79 Å². The molecule has 18 heavy (non-hydrogen) atoms. The molecule has 0 saturated carbocycles. The highest BCUT2D eigenvalue weighted by molar-refractivity contribution is 7.13. The molecule has 0 unspecified atom stereocenters. The molecule has 0 bridgehead atoms. The summed E-state index contributed by atoms with van der Waals surface area (Å²) in [5.74, 6) is -0.888. The number of methoxy groups -OCH3 is 1. The monoisotopic (exact) mass is 265 g/mol. The first-order valence-electron chi connectivity index (χ1n) is 5.61. The first-order valence-corrected chi connectivity index (χ1v) is 6.49. The van der Waals surface area contributed by atoms with Crippen molar-refractivity contribution in [1.29, 1.82) is 0 Å². The number of rotatable bonds is 5. The number of aromatic carboxylic acids is 1. The number of ether oxygens (including phenoxy) is 1. The minimum absolute atomic E-state index is 0.356. The third-order valence-corrected chi connectivity index (χ3v) is 3.78. The Morgan fingerprint density at radius 1 is 1.56 bits per heavy atom. The highest BCUT2D eigenvalue weighted by Crippen LogP contribution is 2.29. The number of carboxylic acids is 1. The van der Waals surface area contributed by atoms with Crippen LogP contribution in [0.4, 0.5) is 0 Å². The standard InChI is InChI=1S/C13H15NO3S/c1-9-10(13(15)16)8-11(12-4-3-7-18-12)14(9)5-6-17-2/h3-4,7-8H,5-6H2,1-2H3,(H,15,16). The molecule has 2 heterocycles. The van der Waals surface area contributed by atoms with Gasteiger partial charge in [-0.3, -0.25) is 0 Å². The van der Waals surface area contributed by atoms with E-state index in [1.165, 1.54) is 0 Å². The summed E-state index contributed by atoms with van der Waals surface area (Å²) in [5, 5.41) is 11.2. The third-order valence-electron chi connectivity index (χ3n) is 2.89. The van der Waals surface area contributed by atoms with Crippen molar-refractivity contribution in [2.45, 2.75) is 13.5 Å². The van der Waals surface area contributed by atoms with E-state index in [0.29, 0.717) is 18.7 Å². The Bertz CT molecular complexity index is 543. The molecule has 2 aromatic heterocycles. The van der Waals surface area contributed by atoms with Crippen LogP contribution in [0, 0.1) is 6.92 Å². The highest BCUT2D eigenvalue weighted by Gasteiger charge is 2.17. The molecule has 0 aliphatic rings. The zero-order valence-electron chi connectivity index (χ0n) is 10.3. The smallest absolute Gasteiger partial charge is 0.337 e. The van der Waals surface area contributed by atoms with Crippen molar-refractivity contribution in [3.63, 3.8) is 0 Å². The molecule has 1 N–H and O–H groups in total. The molecule has 0 amide bonds. The highest BCUT2D eigenvalue weighted by atomic mass is 32.1. The van der Waals surface area contributed by atoms with Crippen molar-refractivity contribution < 1.29 is 14.6 Å². The summed E-state index contributed by atoms with van der Waals surface area (Å²) in [6.07, 6.45) is 0. The molecule has 96 valence electrons. The van der Waals surface area contributed by atoms with Crippen LogP contribution in [0.1, 0.15) is 16.1 Å². The van der Waals surface area contributed by atoms with Crippen molar-refractivity contribution in [3.05, 3.63) is 34.8 Å². The van der Waals surface area contributed by atoms with Gasteiger partial charge in [0.15, 0.2) is 0 Å². The van der Waals surface area contributed by atoms with Crippen molar-refractivity contribution in [3.8, 4) is 10.6 Å². The van der Waals surface area contributed by atoms with Gasteiger partial charge >= 0.3 is 5.97 Å². The van der Waals surface area contributed by atoms with Crippen LogP contribution in [-0.2, 0) is 11.3 Å². The average molecular weight is 265 g/mol. The number of carboxylic acid groups (broad SMARTS) is 1. The van der Waals surface area contributed by atoms with Crippen LogP contribution in [0.3, 0.4) is 0 Å². The predicted octanol–water partition coefficient (Wildman–Crippen LogP) is 2.87. The van der Waals surface area contributed by atoms with Gasteiger partial charge in [-0.15, -0.1) is 11.3 Å². The maximum absolute atomic E-state index is 11.2. The van der Waals surface area contributed by atoms with Crippen LogP contribution >= 0.6 is 11.3 Å². The second kappa shape index (κ2) is 5.37. The first-order chi connectivity index (χ1) is 8.65. The number of hydrogen-bond acceptors (Lipinski definition) is 3. The van der Waals surface area contributed by atoms with E-state index in [1.54, 1.807) is 24.5 Å². The Morgan fingerprint density at radius 3 is 2.89 bits per heavy atom. The number of nitrogens with zero attached hydrogens (tertiary/aromatic N) is 1. The van der Waals surface area contributed by atoms with Gasteiger partial charge in [0.25, 0.3) is 0 Å². The maximum atomic E-state index is 11.2. The summed E-state index contributed by atoms with van der Waals surface area (Å²) in [5.41, 5.74) is 2.06. The van der Waals surface area contributed by atoms with Crippen LogP contribution in [0.15, 0.2) is 23.6 Å². The van der Waals surface area contributed by atoms with Gasteiger partial charge in [-0.1, -0.05) is 6.07 Å². The Labute approximate surface area is 109 Å². The van der Waals surface area contributed by atoms with Crippen molar-refractivity contribution in [1.82, 2.24) is 4.57 Å².